The summed E-state index contributed by atoms with van der Waals surface area (Å²) < 4.78 is 13.6. The third-order valence-electron chi connectivity index (χ3n) is 2.76. The molecular formula is C13H12FNO3. The summed E-state index contributed by atoms with van der Waals surface area (Å²) in [6.45, 7) is -0.267. The lowest BCUT2D eigenvalue weighted by atomic mass is 10.1. The Morgan fingerprint density at radius 2 is 2.06 bits per heavy atom. The second-order valence-electron chi connectivity index (χ2n) is 3.91. The molecule has 5 heteroatoms. The van der Waals surface area contributed by atoms with Crippen LogP contribution in [0.5, 0.6) is 0 Å². The Kier molecular flexibility index (Phi) is 3.41. The van der Waals surface area contributed by atoms with Gasteiger partial charge in [0.25, 0.3) is 5.56 Å². The molecule has 4 nitrogen and oxygen atoms in total. The molecule has 1 aromatic carbocycles. The molecular weight excluding hydrogens is 237 g/mol. The van der Waals surface area contributed by atoms with Gasteiger partial charge in [0.2, 0.25) is 0 Å². The standard InChI is InChI=1S/C13H12FNO3/c14-6-3-7-15-11-5-2-1-4-9(11)10(13(17)18)8-12(15)16/h1-2,4-5,8H,3,6-7H2,(H,17,18). The van der Waals surface area contributed by atoms with E-state index in [1.807, 2.05) is 0 Å². The second kappa shape index (κ2) is 5.00. The number of hydrogen-bond acceptors (Lipinski definition) is 2. The molecule has 0 aliphatic carbocycles. The van der Waals surface area contributed by atoms with Gasteiger partial charge in [-0.2, -0.15) is 0 Å². The lowest BCUT2D eigenvalue weighted by Gasteiger charge is -2.10. The molecule has 0 aliphatic rings. The molecule has 0 saturated heterocycles. The highest BCUT2D eigenvalue weighted by Crippen LogP contribution is 2.17. The Balaban J connectivity index is 2.73. The number of hydrogen-bond donors (Lipinski definition) is 1. The minimum atomic E-state index is -1.14. The molecule has 18 heavy (non-hydrogen) atoms. The lowest BCUT2D eigenvalue weighted by Crippen LogP contribution is -2.22. The van der Waals surface area contributed by atoms with Crippen molar-refractivity contribution in [2.24, 2.45) is 0 Å². The fourth-order valence-electron chi connectivity index (χ4n) is 1.96. The van der Waals surface area contributed by atoms with Crippen molar-refractivity contribution >= 4 is 16.9 Å². The minimum Gasteiger partial charge on any atom is -0.478 e. The van der Waals surface area contributed by atoms with Crippen molar-refractivity contribution < 1.29 is 14.3 Å². The van der Waals surface area contributed by atoms with Gasteiger partial charge in [-0.25, -0.2) is 4.79 Å². The molecule has 1 N–H and O–H groups in total. The zero-order valence-corrected chi connectivity index (χ0v) is 9.60. The van der Waals surface area contributed by atoms with Crippen LogP contribution in [0.15, 0.2) is 35.1 Å². The summed E-state index contributed by atoms with van der Waals surface area (Å²) in [5.74, 6) is -1.14. The van der Waals surface area contributed by atoms with Crippen molar-refractivity contribution in [3.8, 4) is 0 Å². The van der Waals surface area contributed by atoms with Gasteiger partial charge >= 0.3 is 5.97 Å². The van der Waals surface area contributed by atoms with Crippen molar-refractivity contribution in [1.29, 1.82) is 0 Å². The van der Waals surface area contributed by atoms with Gasteiger partial charge in [0.05, 0.1) is 17.8 Å². The molecule has 2 aromatic rings. The molecule has 0 radical (unpaired) electrons. The molecule has 0 saturated carbocycles. The Morgan fingerprint density at radius 3 is 2.72 bits per heavy atom. The Labute approximate surface area is 102 Å². The molecule has 0 unspecified atom stereocenters. The smallest absolute Gasteiger partial charge is 0.336 e. The van der Waals surface area contributed by atoms with Crippen LogP contribution < -0.4 is 5.56 Å². The quantitative estimate of drug-likeness (QED) is 0.902. The number of carboxylic acids is 1. The van der Waals surface area contributed by atoms with Crippen LogP contribution in [0.25, 0.3) is 10.9 Å². The zero-order valence-electron chi connectivity index (χ0n) is 9.60. The highest BCUT2D eigenvalue weighted by Gasteiger charge is 2.12. The Bertz CT molecular complexity index is 648. The van der Waals surface area contributed by atoms with E-state index >= 15 is 0 Å². The van der Waals surface area contributed by atoms with Gasteiger partial charge in [-0.1, -0.05) is 18.2 Å². The number of pyridine rings is 1. The molecule has 0 aliphatic heterocycles. The number of carboxylic acid groups (broad SMARTS) is 1. The molecule has 0 atom stereocenters. The van der Waals surface area contributed by atoms with Crippen LogP contribution in [0.1, 0.15) is 16.8 Å². The highest BCUT2D eigenvalue weighted by atomic mass is 19.1. The maximum atomic E-state index is 12.2. The van der Waals surface area contributed by atoms with Crippen LogP contribution in [0, 0.1) is 0 Å². The number of fused-ring (bicyclic) bond motifs is 1. The highest BCUT2D eigenvalue weighted by molar-refractivity contribution is 6.02. The third-order valence-corrected chi connectivity index (χ3v) is 2.76. The van der Waals surface area contributed by atoms with Crippen LogP contribution >= 0.6 is 0 Å². The number of alkyl halides is 1. The van der Waals surface area contributed by atoms with Gasteiger partial charge in [0.1, 0.15) is 0 Å². The summed E-state index contributed by atoms with van der Waals surface area (Å²) in [5, 5.41) is 9.56. The Hall–Kier alpha value is -2.17. The normalized spacial score (nSPS) is 10.7. The summed E-state index contributed by atoms with van der Waals surface area (Å²) >= 11 is 0. The van der Waals surface area contributed by atoms with Gasteiger partial charge in [-0.15, -0.1) is 0 Å². The van der Waals surface area contributed by atoms with Gasteiger partial charge in [0.15, 0.2) is 0 Å². The fraction of sp³-hybridized carbons (Fsp3) is 0.231. The van der Waals surface area contributed by atoms with E-state index in [2.05, 4.69) is 0 Å². The topological polar surface area (TPSA) is 59.3 Å². The first-order chi connectivity index (χ1) is 8.65. The average Bonchev–Trinajstić information content (AvgIpc) is 2.36. The van der Waals surface area contributed by atoms with Gasteiger partial charge < -0.3 is 9.67 Å². The maximum Gasteiger partial charge on any atom is 0.336 e. The van der Waals surface area contributed by atoms with Crippen LogP contribution in [0.2, 0.25) is 0 Å². The number of nitrogens with zero attached hydrogens (tertiary/aromatic N) is 1. The van der Waals surface area contributed by atoms with Crippen LogP contribution in [0.4, 0.5) is 4.39 Å². The van der Waals surface area contributed by atoms with Crippen LogP contribution in [0.3, 0.4) is 0 Å². The van der Waals surface area contributed by atoms with Crippen molar-refractivity contribution in [3.63, 3.8) is 0 Å². The number of aromatic carboxylic acids is 1. The number of para-hydroxylation sites is 1. The van der Waals surface area contributed by atoms with E-state index in [0.29, 0.717) is 10.9 Å². The van der Waals surface area contributed by atoms with E-state index < -0.39 is 18.2 Å². The molecule has 0 bridgehead atoms. The largest absolute Gasteiger partial charge is 0.478 e. The fourth-order valence-corrected chi connectivity index (χ4v) is 1.96. The predicted molar refractivity (Wildman–Crippen MR) is 65.8 cm³/mol. The molecule has 1 aromatic heterocycles. The molecule has 94 valence electrons. The van der Waals surface area contributed by atoms with Crippen molar-refractivity contribution in [1.82, 2.24) is 4.57 Å². The number of aryl methyl sites for hydroxylation is 1. The average molecular weight is 249 g/mol. The first-order valence-electron chi connectivity index (χ1n) is 5.57. The SMILES string of the molecule is O=C(O)c1cc(=O)n(CCCF)c2ccccc12. The van der Waals surface area contributed by atoms with Crippen LogP contribution in [-0.2, 0) is 6.54 Å². The maximum absolute atomic E-state index is 12.2. The summed E-state index contributed by atoms with van der Waals surface area (Å²) in [6, 6.07) is 7.83. The molecule has 0 amide bonds. The van der Waals surface area contributed by atoms with E-state index in [4.69, 9.17) is 5.11 Å². The molecule has 0 fully saturated rings. The first kappa shape index (κ1) is 12.3. The van der Waals surface area contributed by atoms with E-state index in [1.165, 1.54) is 4.57 Å². The van der Waals surface area contributed by atoms with Gasteiger partial charge in [0, 0.05) is 18.0 Å². The summed E-state index contributed by atoms with van der Waals surface area (Å²) in [4.78, 5) is 22.9. The summed E-state index contributed by atoms with van der Waals surface area (Å²) in [7, 11) is 0. The van der Waals surface area contributed by atoms with Crippen LogP contribution in [-0.4, -0.2) is 22.3 Å². The van der Waals surface area contributed by atoms with Gasteiger partial charge in [-0.05, 0) is 12.5 Å². The second-order valence-corrected chi connectivity index (χ2v) is 3.91. The molecule has 0 spiro atoms. The number of halogens is 1. The summed E-state index contributed by atoms with van der Waals surface area (Å²) in [6.07, 6.45) is 0.232. The number of carbonyl (C=O) groups is 1. The zero-order chi connectivity index (χ0) is 13.1. The van der Waals surface area contributed by atoms with E-state index in [9.17, 15) is 14.0 Å². The van der Waals surface area contributed by atoms with Gasteiger partial charge in [-0.3, -0.25) is 9.18 Å². The number of rotatable bonds is 4. The molecule has 1 heterocycles. The minimum absolute atomic E-state index is 0.0212. The van der Waals surface area contributed by atoms with E-state index in [0.717, 1.165) is 6.07 Å². The molecule has 2 rings (SSSR count). The van der Waals surface area contributed by atoms with E-state index in [-0.39, 0.29) is 18.5 Å². The van der Waals surface area contributed by atoms with E-state index in [1.54, 1.807) is 24.3 Å². The predicted octanol–water partition coefficient (Wildman–Crippen LogP) is 2.06. The first-order valence-corrected chi connectivity index (χ1v) is 5.57. The third kappa shape index (κ3) is 2.11. The Morgan fingerprint density at radius 1 is 1.33 bits per heavy atom. The monoisotopic (exact) mass is 249 g/mol. The lowest BCUT2D eigenvalue weighted by molar-refractivity contribution is 0.0698. The van der Waals surface area contributed by atoms with Crippen molar-refractivity contribution in [2.75, 3.05) is 6.67 Å². The number of aromatic nitrogens is 1. The summed E-state index contributed by atoms with van der Waals surface area (Å²) in [5.41, 5.74) is 0.0856. The van der Waals surface area contributed by atoms with Crippen molar-refractivity contribution in [2.45, 2.75) is 13.0 Å². The van der Waals surface area contributed by atoms with Crippen molar-refractivity contribution in [3.05, 3.63) is 46.2 Å². The number of benzene rings is 1.